The topological polar surface area (TPSA) is 175 Å². The summed E-state index contributed by atoms with van der Waals surface area (Å²) in [6.45, 7) is 4.16. The molecule has 10 nitrogen and oxygen atoms in total. The smallest absolute Gasteiger partial charge is 0.356 e. The first-order valence-corrected chi connectivity index (χ1v) is 8.60. The van der Waals surface area contributed by atoms with Gasteiger partial charge in [-0.25, -0.2) is 4.18 Å². The molecule has 0 fully saturated rings. The van der Waals surface area contributed by atoms with Crippen molar-refractivity contribution in [3.8, 4) is 0 Å². The predicted octanol–water partition coefficient (Wildman–Crippen LogP) is -1.68. The first kappa shape index (κ1) is 27.9. The molecule has 144 valence electrons. The van der Waals surface area contributed by atoms with E-state index in [9.17, 15) is 22.8 Å². The van der Waals surface area contributed by atoms with Gasteiger partial charge >= 0.3 is 9.33 Å². The molecule has 4 N–H and O–H groups in total. The molecule has 0 aliphatic rings. The molecule has 0 radical (unpaired) electrons. The summed E-state index contributed by atoms with van der Waals surface area (Å²) in [5.41, 5.74) is 0. The Morgan fingerprint density at radius 2 is 1.33 bits per heavy atom. The first-order chi connectivity index (χ1) is 10.7. The summed E-state index contributed by atoms with van der Waals surface area (Å²) in [5.74, 6) is -0.871. The Balaban J connectivity index is -0.000000457. The van der Waals surface area contributed by atoms with Gasteiger partial charge in [0.2, 0.25) is 0 Å². The third kappa shape index (κ3) is 23.3. The Morgan fingerprint density at radius 1 is 1.00 bits per heavy atom. The van der Waals surface area contributed by atoms with Gasteiger partial charge in [-0.3, -0.25) is 4.79 Å². The van der Waals surface area contributed by atoms with Crippen LogP contribution in [0.25, 0.3) is 0 Å². The lowest BCUT2D eigenvalue weighted by atomic mass is 10.1. The number of hydrogen-bond acceptors (Lipinski definition) is 10. The molecule has 0 aliphatic carbocycles. The van der Waals surface area contributed by atoms with E-state index in [0.29, 0.717) is 0 Å². The number of rotatable bonds is 7. The SMILES string of the molecule is CC(C)=O.CC(C)=O.O=C(COS(=O)(=O)Cl)[C@@H](O)[C@H](O)[C@H](O)CO. The van der Waals surface area contributed by atoms with Crippen LogP contribution in [0.1, 0.15) is 27.7 Å². The van der Waals surface area contributed by atoms with Crippen LogP contribution in [0.3, 0.4) is 0 Å². The van der Waals surface area contributed by atoms with Crippen molar-refractivity contribution < 1.29 is 47.4 Å². The van der Waals surface area contributed by atoms with E-state index in [4.69, 9.17) is 20.4 Å². The molecule has 24 heavy (non-hydrogen) atoms. The number of halogens is 1. The van der Waals surface area contributed by atoms with Crippen LogP contribution in [0.15, 0.2) is 0 Å². The van der Waals surface area contributed by atoms with Crippen molar-refractivity contribution in [1.29, 1.82) is 0 Å². The third-order valence-electron chi connectivity index (χ3n) is 1.58. The third-order valence-corrected chi connectivity index (χ3v) is 2.24. The van der Waals surface area contributed by atoms with Crippen LogP contribution in [-0.2, 0) is 27.9 Å². The van der Waals surface area contributed by atoms with Crippen LogP contribution >= 0.6 is 10.7 Å². The maximum atomic E-state index is 11.0. The van der Waals surface area contributed by atoms with Crippen molar-refractivity contribution in [3.05, 3.63) is 0 Å². The molecule has 0 aromatic carbocycles. The summed E-state index contributed by atoms with van der Waals surface area (Å²) >= 11 is 0. The van der Waals surface area contributed by atoms with Crippen molar-refractivity contribution in [1.82, 2.24) is 0 Å². The number of carbonyl (C=O) groups excluding carboxylic acids is 3. The van der Waals surface area contributed by atoms with Gasteiger partial charge in [0.15, 0.2) is 5.78 Å². The van der Waals surface area contributed by atoms with Crippen molar-refractivity contribution >= 4 is 37.4 Å². The van der Waals surface area contributed by atoms with E-state index < -0.39 is 46.6 Å². The van der Waals surface area contributed by atoms with Gasteiger partial charge in [0.05, 0.1) is 6.61 Å². The number of aliphatic hydroxyl groups is 4. The maximum absolute atomic E-state index is 11.0. The molecule has 0 bridgehead atoms. The molecule has 0 aromatic rings. The van der Waals surface area contributed by atoms with Crippen LogP contribution in [0.4, 0.5) is 0 Å². The first-order valence-electron chi connectivity index (χ1n) is 6.36. The molecular weight excluding hydrogens is 372 g/mol. The summed E-state index contributed by atoms with van der Waals surface area (Å²) < 4.78 is 24.4. The number of carbonyl (C=O) groups is 3. The highest BCUT2D eigenvalue weighted by Gasteiger charge is 2.30. The van der Waals surface area contributed by atoms with Gasteiger partial charge < -0.3 is 30.0 Å². The van der Waals surface area contributed by atoms with Gasteiger partial charge in [-0.15, -0.1) is 0 Å². The molecule has 0 saturated heterocycles. The molecule has 0 unspecified atom stereocenters. The zero-order valence-corrected chi connectivity index (χ0v) is 15.2. The van der Waals surface area contributed by atoms with E-state index in [-0.39, 0.29) is 11.6 Å². The summed E-state index contributed by atoms with van der Waals surface area (Å²) in [7, 11) is 0.258. The largest absolute Gasteiger partial charge is 0.394 e. The minimum atomic E-state index is -4.36. The Morgan fingerprint density at radius 3 is 1.58 bits per heavy atom. The lowest BCUT2D eigenvalue weighted by Crippen LogP contribution is -2.45. The van der Waals surface area contributed by atoms with Crippen LogP contribution in [0, 0.1) is 0 Å². The average molecular weight is 395 g/mol. The standard InChI is InChI=1S/C6H11ClO8S.2C3H6O/c7-16(13,14)15-2-4(10)6(12)5(11)3(9)1-8;2*1-3(2)4/h3,5-6,8-9,11-12H,1-2H2;2*1-2H3/t3-,5-,6-;;/m1../s1. The Hall–Kier alpha value is -0.950. The van der Waals surface area contributed by atoms with E-state index in [0.717, 1.165) is 0 Å². The molecule has 0 heterocycles. The van der Waals surface area contributed by atoms with Gasteiger partial charge in [-0.1, -0.05) is 0 Å². The van der Waals surface area contributed by atoms with Gasteiger partial charge in [0.1, 0.15) is 36.5 Å². The van der Waals surface area contributed by atoms with E-state index >= 15 is 0 Å². The van der Waals surface area contributed by atoms with Crippen molar-refractivity contribution in [2.75, 3.05) is 13.2 Å². The fourth-order valence-electron chi connectivity index (χ4n) is 0.723. The number of ketones is 3. The highest BCUT2D eigenvalue weighted by molar-refractivity contribution is 8.10. The van der Waals surface area contributed by atoms with E-state index in [1.54, 1.807) is 0 Å². The number of aliphatic hydroxyl groups excluding tert-OH is 4. The molecule has 0 rings (SSSR count). The number of Topliss-reactive ketones (excluding diaryl/α,β-unsaturated/α-hetero) is 3. The van der Waals surface area contributed by atoms with Gasteiger partial charge in [0.25, 0.3) is 0 Å². The van der Waals surface area contributed by atoms with E-state index in [1.807, 2.05) is 0 Å². The fourth-order valence-corrected chi connectivity index (χ4v) is 1.11. The lowest BCUT2D eigenvalue weighted by molar-refractivity contribution is -0.142. The monoisotopic (exact) mass is 394 g/mol. The second-order valence-corrected chi connectivity index (χ2v) is 6.78. The normalized spacial score (nSPS) is 14.0. The molecule has 12 heteroatoms. The second-order valence-electron chi connectivity index (χ2n) is 4.62. The quantitative estimate of drug-likeness (QED) is 0.365. The van der Waals surface area contributed by atoms with Crippen molar-refractivity contribution in [2.24, 2.45) is 0 Å². The zero-order chi connectivity index (χ0) is 20.1. The van der Waals surface area contributed by atoms with Crippen LogP contribution in [0.2, 0.25) is 0 Å². The summed E-state index contributed by atoms with van der Waals surface area (Å²) in [6, 6.07) is 0. The Bertz CT molecular complexity index is 470. The summed E-state index contributed by atoms with van der Waals surface area (Å²) in [5, 5.41) is 35.5. The highest BCUT2D eigenvalue weighted by atomic mass is 35.7. The van der Waals surface area contributed by atoms with Crippen molar-refractivity contribution in [2.45, 2.75) is 46.0 Å². The highest BCUT2D eigenvalue weighted by Crippen LogP contribution is 2.04. The van der Waals surface area contributed by atoms with Gasteiger partial charge in [-0.05, 0) is 27.7 Å². The average Bonchev–Trinajstić information content (AvgIpc) is 2.40. The van der Waals surface area contributed by atoms with Crippen LogP contribution in [-0.4, -0.2) is 77.7 Å². The number of hydrogen-bond donors (Lipinski definition) is 4. The molecular formula is C12H23ClO10S. The van der Waals surface area contributed by atoms with Crippen molar-refractivity contribution in [3.63, 3.8) is 0 Å². The molecule has 0 aromatic heterocycles. The molecule has 0 aliphatic heterocycles. The summed E-state index contributed by atoms with van der Waals surface area (Å²) in [6.07, 6.45) is -5.76. The van der Waals surface area contributed by atoms with Gasteiger partial charge in [0, 0.05) is 10.7 Å². The van der Waals surface area contributed by atoms with E-state index in [2.05, 4.69) is 14.9 Å². The maximum Gasteiger partial charge on any atom is 0.356 e. The molecule has 0 amide bonds. The minimum Gasteiger partial charge on any atom is -0.394 e. The van der Waals surface area contributed by atoms with Crippen LogP contribution in [0.5, 0.6) is 0 Å². The Kier molecular flexibility index (Phi) is 16.7. The molecule has 3 atom stereocenters. The molecule has 0 spiro atoms. The minimum absolute atomic E-state index is 0.167. The van der Waals surface area contributed by atoms with Crippen LogP contribution < -0.4 is 0 Å². The fraction of sp³-hybridized carbons (Fsp3) is 0.750. The zero-order valence-electron chi connectivity index (χ0n) is 13.7. The summed E-state index contributed by atoms with van der Waals surface area (Å²) in [4.78, 5) is 29.9. The van der Waals surface area contributed by atoms with Gasteiger partial charge in [-0.2, -0.15) is 8.42 Å². The Labute approximate surface area is 144 Å². The second kappa shape index (κ2) is 14.4. The predicted molar refractivity (Wildman–Crippen MR) is 83.5 cm³/mol. The molecule has 0 saturated carbocycles. The van der Waals surface area contributed by atoms with E-state index in [1.165, 1.54) is 27.7 Å². The lowest BCUT2D eigenvalue weighted by Gasteiger charge is -2.19.